The number of urea groups is 1. The molecule has 4 rings (SSSR count). The van der Waals surface area contributed by atoms with E-state index in [1.807, 2.05) is 12.1 Å². The number of para-hydroxylation sites is 1. The van der Waals surface area contributed by atoms with Crippen molar-refractivity contribution < 1.29 is 35.9 Å². The zero-order valence-corrected chi connectivity index (χ0v) is 18.7. The molecule has 1 unspecified atom stereocenters. The molecule has 0 aliphatic carbocycles. The normalized spacial score (nSPS) is 17.0. The first-order valence-corrected chi connectivity index (χ1v) is 11.4. The lowest BCUT2D eigenvalue weighted by atomic mass is 10.1. The van der Waals surface area contributed by atoms with Gasteiger partial charge in [-0.1, -0.05) is 18.2 Å². The zero-order valence-electron chi connectivity index (χ0n) is 17.9. The number of carbonyl (C=O) groups excluding carboxylic acids is 2. The number of benzene rings is 2. The topological polar surface area (TPSA) is 96.9 Å². The Morgan fingerprint density at radius 3 is 2.32 bits per heavy atom. The Labute approximate surface area is 192 Å². The van der Waals surface area contributed by atoms with Gasteiger partial charge in [0.05, 0.1) is 23.2 Å². The van der Waals surface area contributed by atoms with Gasteiger partial charge in [-0.05, 0) is 42.8 Å². The van der Waals surface area contributed by atoms with Crippen LogP contribution in [0.25, 0.3) is 10.9 Å². The van der Waals surface area contributed by atoms with Gasteiger partial charge >= 0.3 is 11.5 Å². The van der Waals surface area contributed by atoms with Crippen LogP contribution in [0.3, 0.4) is 0 Å². The molecular formula is C22H18F3N3O5S. The highest BCUT2D eigenvalue weighted by molar-refractivity contribution is 7.92. The summed E-state index contributed by atoms with van der Waals surface area (Å²) < 4.78 is 66.8. The maximum absolute atomic E-state index is 13.1. The van der Waals surface area contributed by atoms with Crippen LogP contribution in [0.4, 0.5) is 23.7 Å². The third-order valence-electron chi connectivity index (χ3n) is 5.52. The summed E-state index contributed by atoms with van der Waals surface area (Å²) in [5, 5.41) is 0.760. The van der Waals surface area contributed by atoms with Crippen molar-refractivity contribution in [3.8, 4) is 5.88 Å². The molecule has 12 heteroatoms. The number of aromatic nitrogens is 1. The molecule has 3 amide bonds. The third kappa shape index (κ3) is 3.83. The van der Waals surface area contributed by atoms with Crippen LogP contribution in [0.15, 0.2) is 59.5 Å². The second-order valence-corrected chi connectivity index (χ2v) is 9.49. The second kappa shape index (κ2) is 8.28. The number of sulfone groups is 1. The minimum absolute atomic E-state index is 0.0392. The summed E-state index contributed by atoms with van der Waals surface area (Å²) in [6.45, 7) is 1.57. The standard InChI is InChI=1S/C22H18F3N3O5S/c1-13-20(29)28(15-7-9-16(10-8-15)34(31,32)22(23,24)25)21(30)27(13)12-14-11-19(33-2)26-18-6-4-3-5-17(14)18/h3-11,13H,12H2,1-2H3. The maximum Gasteiger partial charge on any atom is 0.501 e. The van der Waals surface area contributed by atoms with Gasteiger partial charge in [0.1, 0.15) is 6.04 Å². The highest BCUT2D eigenvalue weighted by Crippen LogP contribution is 2.33. The molecule has 34 heavy (non-hydrogen) atoms. The Morgan fingerprint density at radius 2 is 1.71 bits per heavy atom. The molecule has 178 valence electrons. The number of hydrogen-bond acceptors (Lipinski definition) is 6. The van der Waals surface area contributed by atoms with E-state index >= 15 is 0 Å². The Kier molecular flexibility index (Phi) is 5.72. The van der Waals surface area contributed by atoms with E-state index < -0.39 is 38.2 Å². The minimum atomic E-state index is -5.55. The Morgan fingerprint density at radius 1 is 1.06 bits per heavy atom. The number of rotatable bonds is 5. The van der Waals surface area contributed by atoms with E-state index in [0.717, 1.165) is 22.4 Å². The molecule has 1 fully saturated rings. The highest BCUT2D eigenvalue weighted by atomic mass is 32.2. The predicted octanol–water partition coefficient (Wildman–Crippen LogP) is 3.89. The maximum atomic E-state index is 13.1. The molecule has 1 aliphatic rings. The van der Waals surface area contributed by atoms with Crippen molar-refractivity contribution >= 4 is 38.4 Å². The summed E-state index contributed by atoms with van der Waals surface area (Å²) >= 11 is 0. The lowest BCUT2D eigenvalue weighted by Gasteiger charge is -2.21. The smallest absolute Gasteiger partial charge is 0.481 e. The average molecular weight is 493 g/mol. The second-order valence-electron chi connectivity index (χ2n) is 7.54. The summed E-state index contributed by atoms with van der Waals surface area (Å²) in [4.78, 5) is 31.5. The first-order valence-electron chi connectivity index (χ1n) is 9.94. The van der Waals surface area contributed by atoms with Crippen LogP contribution >= 0.6 is 0 Å². The van der Waals surface area contributed by atoms with Crippen LogP contribution in [-0.4, -0.2) is 48.9 Å². The van der Waals surface area contributed by atoms with Crippen molar-refractivity contribution in [2.45, 2.75) is 29.9 Å². The van der Waals surface area contributed by atoms with Crippen LogP contribution in [0.5, 0.6) is 5.88 Å². The number of alkyl halides is 3. The number of amides is 3. The number of hydrogen-bond donors (Lipinski definition) is 0. The van der Waals surface area contributed by atoms with Crippen LogP contribution < -0.4 is 9.64 Å². The number of imide groups is 1. The molecule has 0 saturated carbocycles. The Hall–Kier alpha value is -3.67. The number of nitrogens with zero attached hydrogens (tertiary/aromatic N) is 3. The van der Waals surface area contributed by atoms with Crippen molar-refractivity contribution in [2.24, 2.45) is 0 Å². The molecule has 1 aromatic heterocycles. The largest absolute Gasteiger partial charge is 0.501 e. The van der Waals surface area contributed by atoms with Gasteiger partial charge < -0.3 is 9.64 Å². The SMILES string of the molecule is COc1cc(CN2C(=O)N(c3ccc(S(=O)(=O)C(F)(F)F)cc3)C(=O)C2C)c2ccccc2n1. The van der Waals surface area contributed by atoms with Gasteiger partial charge in [0.15, 0.2) is 0 Å². The van der Waals surface area contributed by atoms with Gasteiger partial charge in [0.2, 0.25) is 5.88 Å². The summed E-state index contributed by atoms with van der Waals surface area (Å²) in [7, 11) is -4.09. The fraction of sp³-hybridized carbons (Fsp3) is 0.227. The molecule has 1 atom stereocenters. The number of methoxy groups -OCH3 is 1. The van der Waals surface area contributed by atoms with Crippen LogP contribution in [0.1, 0.15) is 12.5 Å². The molecule has 0 spiro atoms. The number of anilines is 1. The monoisotopic (exact) mass is 493 g/mol. The summed E-state index contributed by atoms with van der Waals surface area (Å²) in [6.07, 6.45) is 0. The van der Waals surface area contributed by atoms with Gasteiger partial charge in [0, 0.05) is 18.0 Å². The molecule has 0 N–H and O–H groups in total. The Balaban J connectivity index is 1.66. The van der Waals surface area contributed by atoms with E-state index in [0.29, 0.717) is 29.1 Å². The quantitative estimate of drug-likeness (QED) is 0.501. The molecule has 0 radical (unpaired) electrons. The van der Waals surface area contributed by atoms with Crippen molar-refractivity contribution in [1.29, 1.82) is 0 Å². The minimum Gasteiger partial charge on any atom is -0.481 e. The van der Waals surface area contributed by atoms with E-state index in [2.05, 4.69) is 4.98 Å². The van der Waals surface area contributed by atoms with Crippen molar-refractivity contribution in [1.82, 2.24) is 9.88 Å². The fourth-order valence-electron chi connectivity index (χ4n) is 3.70. The number of pyridine rings is 1. The molecular weight excluding hydrogens is 475 g/mol. The average Bonchev–Trinajstić information content (AvgIpc) is 3.01. The lowest BCUT2D eigenvalue weighted by Crippen LogP contribution is -2.33. The molecule has 0 bridgehead atoms. The molecule has 2 aromatic carbocycles. The zero-order chi connectivity index (χ0) is 24.8. The summed E-state index contributed by atoms with van der Waals surface area (Å²) in [5.74, 6) is -0.264. The molecule has 3 aromatic rings. The number of fused-ring (bicyclic) bond motifs is 1. The van der Waals surface area contributed by atoms with E-state index in [-0.39, 0.29) is 12.2 Å². The van der Waals surface area contributed by atoms with Gasteiger partial charge in [-0.25, -0.2) is 23.1 Å². The summed E-state index contributed by atoms with van der Waals surface area (Å²) in [6, 6.07) is 10.7. The lowest BCUT2D eigenvalue weighted by molar-refractivity contribution is -0.119. The molecule has 2 heterocycles. The van der Waals surface area contributed by atoms with E-state index in [1.165, 1.54) is 18.9 Å². The summed E-state index contributed by atoms with van der Waals surface area (Å²) in [5.41, 5.74) is -4.18. The third-order valence-corrected chi connectivity index (χ3v) is 7.02. The van der Waals surface area contributed by atoms with Crippen molar-refractivity contribution in [3.05, 3.63) is 60.2 Å². The highest BCUT2D eigenvalue weighted by Gasteiger charge is 2.47. The van der Waals surface area contributed by atoms with Gasteiger partial charge in [-0.3, -0.25) is 4.79 Å². The number of ether oxygens (including phenoxy) is 1. The first-order chi connectivity index (χ1) is 16.0. The van der Waals surface area contributed by atoms with Crippen LogP contribution in [-0.2, 0) is 21.2 Å². The van der Waals surface area contributed by atoms with Gasteiger partial charge in [0.25, 0.3) is 15.7 Å². The van der Waals surface area contributed by atoms with E-state index in [1.54, 1.807) is 18.2 Å². The van der Waals surface area contributed by atoms with Gasteiger partial charge in [-0.2, -0.15) is 13.2 Å². The fourth-order valence-corrected chi connectivity index (χ4v) is 4.46. The van der Waals surface area contributed by atoms with Crippen molar-refractivity contribution in [3.63, 3.8) is 0 Å². The van der Waals surface area contributed by atoms with Gasteiger partial charge in [-0.15, -0.1) is 0 Å². The van der Waals surface area contributed by atoms with Crippen LogP contribution in [0, 0.1) is 0 Å². The predicted molar refractivity (Wildman–Crippen MR) is 116 cm³/mol. The van der Waals surface area contributed by atoms with E-state index in [9.17, 15) is 31.2 Å². The Bertz CT molecular complexity index is 1390. The van der Waals surface area contributed by atoms with Crippen LogP contribution in [0.2, 0.25) is 0 Å². The first kappa shape index (κ1) is 23.5. The number of carbonyl (C=O) groups is 2. The number of halogens is 3. The van der Waals surface area contributed by atoms with Crippen molar-refractivity contribution in [2.75, 3.05) is 12.0 Å². The molecule has 8 nitrogen and oxygen atoms in total. The molecule has 1 saturated heterocycles. The molecule has 1 aliphatic heterocycles. The van der Waals surface area contributed by atoms with E-state index in [4.69, 9.17) is 4.74 Å².